The molecule has 2 aliphatic rings. The van der Waals surface area contributed by atoms with Crippen molar-refractivity contribution in [1.29, 1.82) is 0 Å². The van der Waals surface area contributed by atoms with Gasteiger partial charge in [-0.3, -0.25) is 14.3 Å². The van der Waals surface area contributed by atoms with Crippen LogP contribution in [-0.2, 0) is 34.7 Å². The van der Waals surface area contributed by atoms with E-state index in [1.807, 2.05) is 4.98 Å². The van der Waals surface area contributed by atoms with Crippen LogP contribution < -0.4 is 25.6 Å². The Bertz CT molecular complexity index is 1210. The number of aromatic amines is 2. The molecule has 184 valence electrons. The van der Waals surface area contributed by atoms with Crippen LogP contribution in [-0.4, -0.2) is 77.2 Å². The molecule has 2 aromatic heterocycles. The Morgan fingerprint density at radius 3 is 1.94 bits per heavy atom. The number of aromatic nitrogens is 4. The molecule has 0 unspecified atom stereocenters. The number of hydrogen-bond donors (Lipinski definition) is 6. The molecule has 2 fully saturated rings. The summed E-state index contributed by atoms with van der Waals surface area (Å²) >= 11 is -2.92. The molecule has 0 bridgehead atoms. The van der Waals surface area contributed by atoms with E-state index in [1.54, 1.807) is 0 Å². The fourth-order valence-corrected chi connectivity index (χ4v) is 5.44. The summed E-state index contributed by atoms with van der Waals surface area (Å²) in [4.78, 5) is 49.2. The van der Waals surface area contributed by atoms with Gasteiger partial charge in [0, 0.05) is 18.7 Å². The Labute approximate surface area is 202 Å². The zero-order valence-corrected chi connectivity index (χ0v) is 23.2. The van der Waals surface area contributed by atoms with Crippen molar-refractivity contribution in [2.24, 2.45) is 0 Å². The molecule has 4 heterocycles. The number of H-pyrrole nitrogens is 2. The Balaban J connectivity index is 0.000000192. The van der Waals surface area contributed by atoms with E-state index < -0.39 is 84.6 Å². The van der Waals surface area contributed by atoms with Crippen LogP contribution in [0.15, 0.2) is 37.6 Å². The van der Waals surface area contributed by atoms with Crippen LogP contribution in [0.4, 0.5) is 2.47 Å². The molecule has 0 spiro atoms. The van der Waals surface area contributed by atoms with Crippen LogP contribution in [0.3, 0.4) is 0 Å². The molecule has 0 aliphatic carbocycles. The number of rotatable bonds is 5. The molecule has 0 aromatic carbocycles. The van der Waals surface area contributed by atoms with Gasteiger partial charge in [-0.15, -0.1) is 0 Å². The van der Waals surface area contributed by atoms with Crippen molar-refractivity contribution in [2.45, 2.75) is 49.7 Å². The van der Waals surface area contributed by atoms with Crippen molar-refractivity contribution in [3.8, 4) is 0 Å². The van der Waals surface area contributed by atoms with E-state index in [0.29, 0.717) is 0 Å². The summed E-state index contributed by atoms with van der Waals surface area (Å²) in [5, 5.41) is 36.9. The summed E-state index contributed by atoms with van der Waals surface area (Å²) in [6, 6.07) is 1.20. The van der Waals surface area contributed by atoms with Crippen molar-refractivity contribution in [1.82, 2.24) is 19.1 Å². The normalized spacial score (nSPS) is 28.3. The summed E-state index contributed by atoms with van der Waals surface area (Å²) < 4.78 is 25.6. The number of aliphatic hydroxyl groups excluding tert-OH is 4. The van der Waals surface area contributed by atoms with Crippen molar-refractivity contribution in [3.63, 3.8) is 0 Å². The van der Waals surface area contributed by atoms with Gasteiger partial charge in [0.1, 0.15) is 12.3 Å². The van der Waals surface area contributed by atoms with Gasteiger partial charge in [0.15, 0.2) is 0 Å². The van der Waals surface area contributed by atoms with Crippen LogP contribution in [0.25, 0.3) is 0 Å². The molecule has 0 saturated carbocycles. The largest absolute Gasteiger partial charge is 0.394 e. The van der Waals surface area contributed by atoms with Crippen LogP contribution >= 0.6 is 0 Å². The smallest absolute Gasteiger partial charge is 0.330 e. The maximum atomic E-state index is 12.8. The minimum Gasteiger partial charge on any atom is -0.394 e. The van der Waals surface area contributed by atoms with Gasteiger partial charge in [-0.1, -0.05) is 0 Å². The van der Waals surface area contributed by atoms with E-state index in [0.717, 1.165) is 4.57 Å². The summed E-state index contributed by atoms with van der Waals surface area (Å²) in [6.07, 6.45) is -1.83. The SMILES string of the molecule is O=c1[nH]c(=O)n([C@H]2C[C@H](O)[C@@H](CO)O2)c[c]1[Hg][F].O=c1ccn([C@H]2C[C@H](O)[C@@H](CO)O2)c(=O)[nH]1. The first-order valence-corrected chi connectivity index (χ1v) is 15.1. The minimum atomic E-state index is -2.92. The van der Waals surface area contributed by atoms with E-state index in [4.69, 9.17) is 19.7 Å². The van der Waals surface area contributed by atoms with Gasteiger partial charge in [-0.05, 0) is 0 Å². The third-order valence-corrected chi connectivity index (χ3v) is 8.50. The van der Waals surface area contributed by atoms with E-state index >= 15 is 0 Å². The average Bonchev–Trinajstić information content (AvgIpc) is 3.36. The molecule has 14 nitrogen and oxygen atoms in total. The summed E-state index contributed by atoms with van der Waals surface area (Å²) in [7, 11) is 0. The van der Waals surface area contributed by atoms with Gasteiger partial charge in [-0.2, -0.15) is 0 Å². The molecule has 6 N–H and O–H groups in total. The van der Waals surface area contributed by atoms with Crippen LogP contribution in [0, 0.1) is 0 Å². The number of hydrogen-bond acceptors (Lipinski definition) is 10. The molecular weight excluding hydrogens is 652 g/mol. The predicted molar refractivity (Wildman–Crippen MR) is 107 cm³/mol. The average molecular weight is 675 g/mol. The van der Waals surface area contributed by atoms with Gasteiger partial charge in [0.25, 0.3) is 5.56 Å². The fraction of sp³-hybridized carbons (Fsp3) is 0.556. The number of aliphatic hydroxyl groups is 4. The number of ether oxygens (including phenoxy) is 2. The first-order chi connectivity index (χ1) is 16.2. The standard InChI is InChI=1S/C9H12N2O5.C9H11N2O5.FH.Hg/c2*12-4-6-5(13)3-8(16-6)11-2-1-7(14)10-9(11)15;;/h1-2,5-6,8,12-13H,3-4H2,(H,10,14,15);2,5-6,8,12-13H,3-4H2,(H,10,14,15);1H;/q;;;+1/p-1/t2*5-,6+,8+;;/m00../s1. The predicted octanol–water partition coefficient (Wildman–Crippen LogP) is -4.05. The zero-order valence-electron chi connectivity index (χ0n) is 17.7. The maximum Gasteiger partial charge on any atom is 0.330 e. The second-order valence-electron chi connectivity index (χ2n) is 7.70. The molecule has 34 heavy (non-hydrogen) atoms. The molecule has 2 aromatic rings. The third-order valence-electron chi connectivity index (χ3n) is 5.43. The molecule has 4 rings (SSSR count). The van der Waals surface area contributed by atoms with Crippen LogP contribution in [0.2, 0.25) is 0 Å². The Kier molecular flexibility index (Phi) is 9.08. The number of halogens is 1. The van der Waals surface area contributed by atoms with Crippen molar-refractivity contribution in [3.05, 3.63) is 60.1 Å². The van der Waals surface area contributed by atoms with Gasteiger partial charge in [0.05, 0.1) is 12.7 Å². The number of nitrogens with one attached hydrogen (secondary N) is 2. The Hall–Kier alpha value is -2.01. The molecular formula is C18H23FHgN4O10. The topological polar surface area (TPSA) is 209 Å². The van der Waals surface area contributed by atoms with Crippen LogP contribution in [0.1, 0.15) is 25.3 Å². The molecule has 16 heteroatoms. The molecule has 0 amide bonds. The fourth-order valence-electron chi connectivity index (χ4n) is 3.59. The molecule has 0 radical (unpaired) electrons. The van der Waals surface area contributed by atoms with Gasteiger partial charge >= 0.3 is 119 Å². The summed E-state index contributed by atoms with van der Waals surface area (Å²) in [6.45, 7) is -0.679. The zero-order chi connectivity index (χ0) is 25.0. The van der Waals surface area contributed by atoms with Gasteiger partial charge < -0.3 is 14.9 Å². The van der Waals surface area contributed by atoms with Gasteiger partial charge in [-0.25, -0.2) is 4.79 Å². The van der Waals surface area contributed by atoms with Gasteiger partial charge in [0.2, 0.25) is 0 Å². The molecule has 2 saturated heterocycles. The number of nitrogens with zero attached hydrogens (tertiary/aromatic N) is 2. The first-order valence-electron chi connectivity index (χ1n) is 10.3. The van der Waals surface area contributed by atoms with E-state index in [2.05, 4.69) is 4.98 Å². The summed E-state index contributed by atoms with van der Waals surface area (Å²) in [5.41, 5.74) is -2.47. The maximum absolute atomic E-state index is 12.8. The summed E-state index contributed by atoms with van der Waals surface area (Å²) in [5.74, 6) is 0. The molecule has 6 atom stereocenters. The molecule has 2 aliphatic heterocycles. The monoisotopic (exact) mass is 676 g/mol. The second kappa shape index (κ2) is 11.6. The quantitative estimate of drug-likeness (QED) is 0.169. The second-order valence-corrected chi connectivity index (χ2v) is 11.7. The third kappa shape index (κ3) is 5.97. The van der Waals surface area contributed by atoms with E-state index in [1.165, 1.54) is 23.0 Å². The minimum absolute atomic E-state index is 0.0279. The Morgan fingerprint density at radius 2 is 1.47 bits per heavy atom. The van der Waals surface area contributed by atoms with E-state index in [-0.39, 0.29) is 29.1 Å². The van der Waals surface area contributed by atoms with Crippen molar-refractivity contribution >= 4 is 3.07 Å². The first kappa shape index (κ1) is 26.6. The van der Waals surface area contributed by atoms with E-state index in [9.17, 15) is 31.9 Å². The van der Waals surface area contributed by atoms with Crippen molar-refractivity contribution < 1.29 is 57.6 Å². The Morgan fingerprint density at radius 1 is 0.941 bits per heavy atom. The van der Waals surface area contributed by atoms with Crippen LogP contribution in [0.5, 0.6) is 0 Å². The van der Waals surface area contributed by atoms with Crippen molar-refractivity contribution in [2.75, 3.05) is 13.2 Å².